The summed E-state index contributed by atoms with van der Waals surface area (Å²) < 4.78 is 5.60. The standard InChI is InChI=1S/C13H17NOS/c1-9-4-5-13(15-9)11(3)14-10(2)12-6-7-16-8-12/h4-8,10-11,14H,1-3H3. The van der Waals surface area contributed by atoms with Crippen molar-refractivity contribution >= 4 is 11.3 Å². The Morgan fingerprint density at radius 3 is 2.56 bits per heavy atom. The van der Waals surface area contributed by atoms with E-state index in [2.05, 4.69) is 36.0 Å². The van der Waals surface area contributed by atoms with Gasteiger partial charge in [0.05, 0.1) is 6.04 Å². The summed E-state index contributed by atoms with van der Waals surface area (Å²) in [4.78, 5) is 0. The summed E-state index contributed by atoms with van der Waals surface area (Å²) in [5, 5.41) is 7.81. The molecule has 0 radical (unpaired) electrons. The Kier molecular flexibility index (Phi) is 3.46. The van der Waals surface area contributed by atoms with Gasteiger partial charge in [0, 0.05) is 6.04 Å². The normalized spacial score (nSPS) is 14.9. The molecule has 2 aromatic rings. The van der Waals surface area contributed by atoms with Crippen molar-refractivity contribution in [1.82, 2.24) is 5.32 Å². The Labute approximate surface area is 100 Å². The zero-order valence-electron chi connectivity index (χ0n) is 9.86. The second kappa shape index (κ2) is 4.85. The molecule has 0 aliphatic carbocycles. The van der Waals surface area contributed by atoms with Gasteiger partial charge in [-0.1, -0.05) is 0 Å². The maximum absolute atomic E-state index is 5.60. The first-order chi connectivity index (χ1) is 7.66. The van der Waals surface area contributed by atoms with Crippen LogP contribution in [0.3, 0.4) is 0 Å². The molecule has 0 spiro atoms. The largest absolute Gasteiger partial charge is 0.465 e. The van der Waals surface area contributed by atoms with Crippen LogP contribution < -0.4 is 5.32 Å². The fourth-order valence-corrected chi connectivity index (χ4v) is 2.51. The highest BCUT2D eigenvalue weighted by Crippen LogP contribution is 2.22. The lowest BCUT2D eigenvalue weighted by molar-refractivity contribution is 0.393. The molecule has 0 saturated carbocycles. The summed E-state index contributed by atoms with van der Waals surface area (Å²) in [6, 6.07) is 6.79. The van der Waals surface area contributed by atoms with Crippen LogP contribution in [-0.2, 0) is 0 Å². The van der Waals surface area contributed by atoms with E-state index in [-0.39, 0.29) is 6.04 Å². The predicted octanol–water partition coefficient (Wildman–Crippen LogP) is 4.06. The number of hydrogen-bond donors (Lipinski definition) is 1. The summed E-state index contributed by atoms with van der Waals surface area (Å²) in [5.41, 5.74) is 1.33. The molecule has 2 unspecified atom stereocenters. The highest BCUT2D eigenvalue weighted by Gasteiger charge is 2.13. The number of furan rings is 1. The fourth-order valence-electron chi connectivity index (χ4n) is 1.76. The van der Waals surface area contributed by atoms with Crippen molar-refractivity contribution in [2.75, 3.05) is 0 Å². The zero-order chi connectivity index (χ0) is 11.5. The SMILES string of the molecule is Cc1ccc(C(C)NC(C)c2ccsc2)o1. The molecule has 2 aromatic heterocycles. The third-order valence-electron chi connectivity index (χ3n) is 2.73. The van der Waals surface area contributed by atoms with Crippen molar-refractivity contribution in [1.29, 1.82) is 0 Å². The van der Waals surface area contributed by atoms with Gasteiger partial charge in [0.25, 0.3) is 0 Å². The van der Waals surface area contributed by atoms with Gasteiger partial charge in [-0.15, -0.1) is 0 Å². The molecule has 86 valence electrons. The molecule has 0 bridgehead atoms. The maximum atomic E-state index is 5.60. The van der Waals surface area contributed by atoms with Crippen molar-refractivity contribution in [3.05, 3.63) is 46.0 Å². The van der Waals surface area contributed by atoms with Gasteiger partial charge >= 0.3 is 0 Å². The van der Waals surface area contributed by atoms with Crippen LogP contribution in [0.2, 0.25) is 0 Å². The molecule has 3 heteroatoms. The van der Waals surface area contributed by atoms with E-state index >= 15 is 0 Å². The quantitative estimate of drug-likeness (QED) is 0.864. The number of hydrogen-bond acceptors (Lipinski definition) is 3. The third-order valence-corrected chi connectivity index (χ3v) is 3.43. The van der Waals surface area contributed by atoms with E-state index in [1.54, 1.807) is 11.3 Å². The second-order valence-electron chi connectivity index (χ2n) is 4.12. The summed E-state index contributed by atoms with van der Waals surface area (Å²) in [6.07, 6.45) is 0. The maximum Gasteiger partial charge on any atom is 0.120 e. The summed E-state index contributed by atoms with van der Waals surface area (Å²) >= 11 is 1.73. The van der Waals surface area contributed by atoms with Crippen LogP contribution in [0.25, 0.3) is 0 Å². The number of rotatable bonds is 4. The fraction of sp³-hybridized carbons (Fsp3) is 0.385. The molecular weight excluding hydrogens is 218 g/mol. The molecule has 2 nitrogen and oxygen atoms in total. The number of aryl methyl sites for hydroxylation is 1. The Morgan fingerprint density at radius 1 is 1.19 bits per heavy atom. The first kappa shape index (κ1) is 11.4. The van der Waals surface area contributed by atoms with Crippen molar-refractivity contribution in [3.63, 3.8) is 0 Å². The smallest absolute Gasteiger partial charge is 0.120 e. The Hall–Kier alpha value is -1.06. The van der Waals surface area contributed by atoms with E-state index in [9.17, 15) is 0 Å². The van der Waals surface area contributed by atoms with E-state index in [0.29, 0.717) is 6.04 Å². The first-order valence-corrected chi connectivity index (χ1v) is 6.45. The lowest BCUT2D eigenvalue weighted by Crippen LogP contribution is -2.21. The molecule has 0 amide bonds. The molecule has 2 atom stereocenters. The first-order valence-electron chi connectivity index (χ1n) is 5.51. The molecule has 2 heterocycles. The van der Waals surface area contributed by atoms with Crippen molar-refractivity contribution in [2.24, 2.45) is 0 Å². The van der Waals surface area contributed by atoms with Gasteiger partial charge in [-0.2, -0.15) is 11.3 Å². The van der Waals surface area contributed by atoms with Crippen LogP contribution in [0, 0.1) is 6.92 Å². The van der Waals surface area contributed by atoms with Gasteiger partial charge in [0.1, 0.15) is 11.5 Å². The van der Waals surface area contributed by atoms with Gasteiger partial charge in [-0.25, -0.2) is 0 Å². The molecular formula is C13H17NOS. The Morgan fingerprint density at radius 2 is 2.00 bits per heavy atom. The number of nitrogens with one attached hydrogen (secondary N) is 1. The molecule has 0 aromatic carbocycles. The van der Waals surface area contributed by atoms with Crippen LogP contribution in [0.15, 0.2) is 33.4 Å². The van der Waals surface area contributed by atoms with Crippen LogP contribution in [-0.4, -0.2) is 0 Å². The van der Waals surface area contributed by atoms with Crippen LogP contribution in [0.1, 0.15) is 43.0 Å². The minimum Gasteiger partial charge on any atom is -0.465 e. The lowest BCUT2D eigenvalue weighted by atomic mass is 10.1. The molecule has 0 aliphatic heterocycles. The minimum atomic E-state index is 0.239. The second-order valence-corrected chi connectivity index (χ2v) is 4.90. The predicted molar refractivity (Wildman–Crippen MR) is 67.7 cm³/mol. The van der Waals surface area contributed by atoms with Gasteiger partial charge in [-0.05, 0) is 55.3 Å². The third kappa shape index (κ3) is 2.54. The highest BCUT2D eigenvalue weighted by atomic mass is 32.1. The molecule has 0 fully saturated rings. The van der Waals surface area contributed by atoms with E-state index in [4.69, 9.17) is 4.42 Å². The molecule has 16 heavy (non-hydrogen) atoms. The van der Waals surface area contributed by atoms with Crippen LogP contribution >= 0.6 is 11.3 Å². The minimum absolute atomic E-state index is 0.239. The van der Waals surface area contributed by atoms with Gasteiger partial charge < -0.3 is 9.73 Å². The van der Waals surface area contributed by atoms with Crippen LogP contribution in [0.4, 0.5) is 0 Å². The summed E-state index contributed by atoms with van der Waals surface area (Å²) in [7, 11) is 0. The molecule has 2 rings (SSSR count). The Balaban J connectivity index is 2.00. The summed E-state index contributed by atoms with van der Waals surface area (Å²) in [6.45, 7) is 6.27. The average molecular weight is 235 g/mol. The molecule has 0 saturated heterocycles. The summed E-state index contributed by atoms with van der Waals surface area (Å²) in [5.74, 6) is 1.96. The topological polar surface area (TPSA) is 25.2 Å². The zero-order valence-corrected chi connectivity index (χ0v) is 10.7. The van der Waals surface area contributed by atoms with Crippen molar-refractivity contribution < 1.29 is 4.42 Å². The molecule has 0 aliphatic rings. The molecule has 1 N–H and O–H groups in total. The lowest BCUT2D eigenvalue weighted by Gasteiger charge is -2.17. The van der Waals surface area contributed by atoms with Crippen molar-refractivity contribution in [3.8, 4) is 0 Å². The van der Waals surface area contributed by atoms with E-state index < -0.39 is 0 Å². The average Bonchev–Trinajstić information content (AvgIpc) is 2.87. The van der Waals surface area contributed by atoms with E-state index in [0.717, 1.165) is 11.5 Å². The van der Waals surface area contributed by atoms with Gasteiger partial charge in [0.15, 0.2) is 0 Å². The van der Waals surface area contributed by atoms with E-state index in [1.807, 2.05) is 19.1 Å². The van der Waals surface area contributed by atoms with Crippen LogP contribution in [0.5, 0.6) is 0 Å². The van der Waals surface area contributed by atoms with Gasteiger partial charge in [0.2, 0.25) is 0 Å². The monoisotopic (exact) mass is 235 g/mol. The van der Waals surface area contributed by atoms with Crippen molar-refractivity contribution in [2.45, 2.75) is 32.9 Å². The number of thiophene rings is 1. The highest BCUT2D eigenvalue weighted by molar-refractivity contribution is 7.07. The van der Waals surface area contributed by atoms with E-state index in [1.165, 1.54) is 5.56 Å². The van der Waals surface area contributed by atoms with Gasteiger partial charge in [-0.3, -0.25) is 0 Å². The Bertz CT molecular complexity index is 432.